The minimum atomic E-state index is -0.667. The summed E-state index contributed by atoms with van der Waals surface area (Å²) < 4.78 is 8.56. The molecule has 3 saturated heterocycles. The molecule has 11 rings (SSSR count). The zero-order chi connectivity index (χ0) is 40.2. The number of nitrogens with zero attached hydrogens (tertiary/aromatic N) is 5. The van der Waals surface area contributed by atoms with Gasteiger partial charge in [-0.3, -0.25) is 38.8 Å². The predicted octanol–water partition coefficient (Wildman–Crippen LogP) is 5.50. The van der Waals surface area contributed by atoms with E-state index in [1.165, 1.54) is 17.5 Å². The first kappa shape index (κ1) is 37.0. The van der Waals surface area contributed by atoms with Crippen molar-refractivity contribution in [2.75, 3.05) is 39.3 Å². The van der Waals surface area contributed by atoms with Gasteiger partial charge < -0.3 is 14.5 Å². The lowest BCUT2D eigenvalue weighted by molar-refractivity contribution is -0.137. The Morgan fingerprint density at radius 2 is 1.69 bits per heavy atom. The number of carbonyl (C=O) groups excluding carboxylic acids is 4. The lowest BCUT2D eigenvalue weighted by Gasteiger charge is -2.40. The van der Waals surface area contributed by atoms with E-state index >= 15 is 0 Å². The van der Waals surface area contributed by atoms with E-state index in [0.29, 0.717) is 54.6 Å². The van der Waals surface area contributed by atoms with Gasteiger partial charge in [-0.1, -0.05) is 55.1 Å². The van der Waals surface area contributed by atoms with E-state index in [0.717, 1.165) is 98.4 Å². The molecule has 1 aliphatic carbocycles. The normalized spacial score (nSPS) is 23.3. The molecule has 4 amide bonds. The molecule has 4 fully saturated rings. The third-order valence-electron chi connectivity index (χ3n) is 15.0. The average Bonchev–Trinajstić information content (AvgIpc) is 3.86. The molecule has 7 heterocycles. The average molecular weight is 815 g/mol. The zero-order valence-corrected chi connectivity index (χ0v) is 33.8. The van der Waals surface area contributed by atoms with E-state index in [1.807, 2.05) is 29.2 Å². The Morgan fingerprint density at radius 1 is 0.898 bits per heavy atom. The standard InChI is InChI=1S/C46H47ClN6O6/c47-33-5-4-6-35-39(33)42(57)49-44-46(15-2-1-3-16-46)32-23-28(7-10-34(32)53(35)44)27-13-19-50(20-14-27)25-38(55)51-21-17-45(18-22-51)26-59-40-30-24-52(36-11-12-37(54)48-41(36)56)43(58)29(30)8-9-31(40)45/h4-10,23,27,36H,1-3,11-22,24-26H2,(H,48,54,56)/t36-/m0/s1. The van der Waals surface area contributed by atoms with Crippen molar-refractivity contribution >= 4 is 46.1 Å². The molecule has 304 valence electrons. The lowest BCUT2D eigenvalue weighted by atomic mass is 9.69. The molecule has 13 heteroatoms. The number of aromatic nitrogens is 2. The highest BCUT2D eigenvalue weighted by Gasteiger charge is 2.49. The molecule has 12 nitrogen and oxygen atoms in total. The molecule has 6 aliphatic heterocycles. The second kappa shape index (κ2) is 13.7. The van der Waals surface area contributed by atoms with E-state index in [1.54, 1.807) is 11.0 Å². The number of nitrogens with one attached hydrogen (secondary N) is 1. The lowest BCUT2D eigenvalue weighted by Crippen LogP contribution is -2.52. The Balaban J connectivity index is 0.743. The SMILES string of the molecule is O=C1CC[C@H](N2Cc3c(ccc4c3OCC43CCN(C(=O)CN4CCC(c5ccc6c(c5)C5(CCCCC5)c5nc(=O)c7c(Cl)cccc7n5-6)CC4)CC3)C2=O)C(=O)N1. The number of fused-ring (bicyclic) bond motifs is 11. The minimum Gasteiger partial charge on any atom is -0.492 e. The highest BCUT2D eigenvalue weighted by molar-refractivity contribution is 6.35. The van der Waals surface area contributed by atoms with Crippen LogP contribution in [0.25, 0.3) is 16.6 Å². The number of benzene rings is 3. The first-order valence-corrected chi connectivity index (χ1v) is 21.8. The Morgan fingerprint density at radius 3 is 2.47 bits per heavy atom. The van der Waals surface area contributed by atoms with E-state index in [2.05, 4.69) is 33.0 Å². The number of likely N-dealkylation sites (tertiary alicyclic amines) is 2. The van der Waals surface area contributed by atoms with Gasteiger partial charge in [0.1, 0.15) is 17.6 Å². The molecule has 1 N–H and O–H groups in total. The molecule has 4 aromatic rings. The summed E-state index contributed by atoms with van der Waals surface area (Å²) in [5.41, 5.74) is 6.29. The number of amides is 4. The quantitative estimate of drug-likeness (QED) is 0.268. The van der Waals surface area contributed by atoms with Crippen LogP contribution in [-0.4, -0.2) is 93.3 Å². The molecule has 0 radical (unpaired) electrons. The van der Waals surface area contributed by atoms with Crippen LogP contribution >= 0.6 is 11.6 Å². The van der Waals surface area contributed by atoms with Gasteiger partial charge in [0.05, 0.1) is 46.7 Å². The Hall–Kier alpha value is -5.07. The summed E-state index contributed by atoms with van der Waals surface area (Å²) in [5.74, 6) is 1.25. The summed E-state index contributed by atoms with van der Waals surface area (Å²) >= 11 is 6.56. The Bertz CT molecular complexity index is 2550. The van der Waals surface area contributed by atoms with E-state index < -0.39 is 11.9 Å². The molecule has 59 heavy (non-hydrogen) atoms. The first-order chi connectivity index (χ1) is 28.6. The molecule has 7 aliphatic rings. The van der Waals surface area contributed by atoms with Crippen LogP contribution in [0.5, 0.6) is 5.75 Å². The Labute approximate surface area is 346 Å². The number of ether oxygens (including phenoxy) is 1. The largest absolute Gasteiger partial charge is 0.492 e. The van der Waals surface area contributed by atoms with Crippen molar-refractivity contribution in [1.29, 1.82) is 0 Å². The van der Waals surface area contributed by atoms with E-state index in [4.69, 9.17) is 21.3 Å². The van der Waals surface area contributed by atoms with Crippen molar-refractivity contribution in [3.63, 3.8) is 0 Å². The molecule has 0 unspecified atom stereocenters. The highest BCUT2D eigenvalue weighted by atomic mass is 35.5. The van der Waals surface area contributed by atoms with Crippen molar-refractivity contribution < 1.29 is 23.9 Å². The number of carbonyl (C=O) groups is 4. The maximum Gasteiger partial charge on any atom is 0.282 e. The van der Waals surface area contributed by atoms with Crippen LogP contribution < -0.4 is 15.6 Å². The van der Waals surface area contributed by atoms with Gasteiger partial charge in [0, 0.05) is 41.6 Å². The zero-order valence-electron chi connectivity index (χ0n) is 33.1. The van der Waals surface area contributed by atoms with Crippen LogP contribution in [0, 0.1) is 0 Å². The van der Waals surface area contributed by atoms with Gasteiger partial charge in [0.25, 0.3) is 11.5 Å². The summed E-state index contributed by atoms with van der Waals surface area (Å²) in [6.45, 7) is 4.23. The van der Waals surface area contributed by atoms with E-state index in [9.17, 15) is 24.0 Å². The number of halogens is 1. The summed E-state index contributed by atoms with van der Waals surface area (Å²) in [6, 6.07) is 15.8. The molecular weight excluding hydrogens is 768 g/mol. The van der Waals surface area contributed by atoms with Gasteiger partial charge in [-0.2, -0.15) is 4.98 Å². The van der Waals surface area contributed by atoms with Crippen LogP contribution in [0.4, 0.5) is 0 Å². The van der Waals surface area contributed by atoms with Gasteiger partial charge >= 0.3 is 0 Å². The van der Waals surface area contributed by atoms with Crippen LogP contribution in [0.1, 0.15) is 115 Å². The fraction of sp³-hybridized carbons (Fsp3) is 0.478. The first-order valence-electron chi connectivity index (χ1n) is 21.4. The number of hydrogen-bond donors (Lipinski definition) is 1. The third-order valence-corrected chi connectivity index (χ3v) is 15.3. The summed E-state index contributed by atoms with van der Waals surface area (Å²) in [6.07, 6.45) is 9.43. The number of rotatable bonds is 4. The monoisotopic (exact) mass is 814 g/mol. The molecule has 1 saturated carbocycles. The smallest absolute Gasteiger partial charge is 0.282 e. The Kier molecular flexibility index (Phi) is 8.61. The van der Waals surface area contributed by atoms with Gasteiger partial charge in [0.15, 0.2) is 0 Å². The van der Waals surface area contributed by atoms with E-state index in [-0.39, 0.29) is 47.1 Å². The van der Waals surface area contributed by atoms with Gasteiger partial charge in [-0.25, -0.2) is 0 Å². The van der Waals surface area contributed by atoms with Crippen LogP contribution in [0.2, 0.25) is 5.02 Å². The molecule has 1 aromatic heterocycles. The number of piperidine rings is 3. The van der Waals surface area contributed by atoms with Crippen LogP contribution in [0.3, 0.4) is 0 Å². The van der Waals surface area contributed by atoms with Crippen molar-refractivity contribution in [2.24, 2.45) is 0 Å². The number of imide groups is 1. The highest BCUT2D eigenvalue weighted by Crippen LogP contribution is 2.53. The molecule has 1 atom stereocenters. The number of hydrogen-bond acceptors (Lipinski definition) is 8. The predicted molar refractivity (Wildman–Crippen MR) is 220 cm³/mol. The summed E-state index contributed by atoms with van der Waals surface area (Å²) in [5, 5.41) is 3.29. The van der Waals surface area contributed by atoms with Crippen LogP contribution in [0.15, 0.2) is 53.3 Å². The maximum absolute atomic E-state index is 13.8. The molecule has 3 aromatic carbocycles. The van der Waals surface area contributed by atoms with Crippen molar-refractivity contribution in [1.82, 2.24) is 29.6 Å². The van der Waals surface area contributed by atoms with Gasteiger partial charge in [-0.05, 0) is 99.3 Å². The fourth-order valence-corrected chi connectivity index (χ4v) is 12.0. The second-order valence-electron chi connectivity index (χ2n) is 18.0. The van der Waals surface area contributed by atoms with Crippen molar-refractivity contribution in [3.8, 4) is 11.4 Å². The third kappa shape index (κ3) is 5.65. The fourth-order valence-electron chi connectivity index (χ4n) is 11.7. The van der Waals surface area contributed by atoms with Crippen molar-refractivity contribution in [2.45, 2.75) is 100.0 Å². The minimum absolute atomic E-state index is 0.168. The maximum atomic E-state index is 13.8. The van der Waals surface area contributed by atoms with Crippen LogP contribution in [-0.2, 0) is 31.8 Å². The van der Waals surface area contributed by atoms with Gasteiger partial charge in [0.2, 0.25) is 17.7 Å². The molecular formula is C46H47ClN6O6. The van der Waals surface area contributed by atoms with Crippen molar-refractivity contribution in [3.05, 3.63) is 97.5 Å². The molecule has 2 spiro atoms. The summed E-state index contributed by atoms with van der Waals surface area (Å²) in [4.78, 5) is 75.5. The topological polar surface area (TPSA) is 134 Å². The molecule has 0 bridgehead atoms. The summed E-state index contributed by atoms with van der Waals surface area (Å²) in [7, 11) is 0. The van der Waals surface area contributed by atoms with Gasteiger partial charge in [-0.15, -0.1) is 0 Å². The second-order valence-corrected chi connectivity index (χ2v) is 18.4.